The van der Waals surface area contributed by atoms with Gasteiger partial charge in [-0.1, -0.05) is 123 Å². The number of carbonyl (C=O) groups is 4. The first kappa shape index (κ1) is 48.5. The molecule has 4 atom stereocenters. The zero-order valence-electron chi connectivity index (χ0n) is 34.8. The van der Waals surface area contributed by atoms with Gasteiger partial charge in [-0.2, -0.15) is 0 Å². The van der Waals surface area contributed by atoms with Crippen molar-refractivity contribution in [1.82, 2.24) is 10.6 Å². The molecule has 57 heavy (non-hydrogen) atoms. The summed E-state index contributed by atoms with van der Waals surface area (Å²) in [6.45, 7) is 14.0. The number of benzene rings is 4. The number of nitrogens with one attached hydrogen (secondary N) is 2. The smallest absolute Gasteiger partial charge is 0.550 e. The number of ether oxygens (including phenoxy) is 2. The van der Waals surface area contributed by atoms with Gasteiger partial charge in [0.1, 0.15) is 11.2 Å². The number of carbonyl (C=O) groups excluding carboxylic acids is 3. The van der Waals surface area contributed by atoms with E-state index in [1.807, 2.05) is 97.1 Å². The molecule has 3 N–H and O–H groups in total. The topological polar surface area (TPSA) is 154 Å². The number of hydrogen-bond acceptors (Lipinski definition) is 7. The Morgan fingerprint density at radius 2 is 0.877 bits per heavy atom. The third-order valence-electron chi connectivity index (χ3n) is 8.63. The van der Waals surface area contributed by atoms with Crippen molar-refractivity contribution < 1.29 is 68.4 Å². The van der Waals surface area contributed by atoms with Gasteiger partial charge in [0, 0.05) is 18.1 Å². The van der Waals surface area contributed by atoms with Gasteiger partial charge in [0.25, 0.3) is 0 Å². The normalized spacial score (nSPS) is 13.2. The maximum atomic E-state index is 12.2. The fraction of sp³-hybridized carbons (Fsp3) is 0.391. The number of hydrogen-bond donors (Lipinski definition) is 3. The summed E-state index contributed by atoms with van der Waals surface area (Å²) < 4.78 is 10.6. The van der Waals surface area contributed by atoms with Crippen molar-refractivity contribution in [2.75, 3.05) is 0 Å². The summed E-state index contributed by atoms with van der Waals surface area (Å²) in [5.41, 5.74) is 5.28. The van der Waals surface area contributed by atoms with Gasteiger partial charge in [-0.25, -0.2) is 9.59 Å². The van der Waals surface area contributed by atoms with E-state index >= 15 is 0 Å². The summed E-state index contributed by atoms with van der Waals surface area (Å²) in [7, 11) is 0. The van der Waals surface area contributed by atoms with Gasteiger partial charge >= 0.3 is 47.7 Å². The van der Waals surface area contributed by atoms with Crippen LogP contribution in [0.1, 0.15) is 79.4 Å². The van der Waals surface area contributed by atoms with E-state index < -0.39 is 47.2 Å². The molecule has 0 radical (unpaired) electrons. The van der Waals surface area contributed by atoms with Crippen LogP contribution >= 0.6 is 0 Å². The van der Waals surface area contributed by atoms with Gasteiger partial charge < -0.3 is 35.1 Å². The molecule has 4 aromatic rings. The average molecular weight is 789 g/mol. The van der Waals surface area contributed by atoms with Gasteiger partial charge in [-0.15, -0.1) is 0 Å². The monoisotopic (exact) mass is 788 g/mol. The Kier molecular flexibility index (Phi) is 19.5. The molecule has 300 valence electrons. The zero-order valence-corrected chi connectivity index (χ0v) is 36.8. The third kappa shape index (κ3) is 18.9. The second kappa shape index (κ2) is 22.9. The van der Waals surface area contributed by atoms with Crippen molar-refractivity contribution in [3.63, 3.8) is 0 Å². The summed E-state index contributed by atoms with van der Waals surface area (Å²) >= 11 is 0. The molecule has 0 aliphatic rings. The van der Waals surface area contributed by atoms with Gasteiger partial charge in [-0.3, -0.25) is 4.79 Å². The molecule has 0 bridgehead atoms. The largest absolute Gasteiger partial charge is 1.00 e. The number of amides is 2. The molecule has 0 aromatic heterocycles. The SMILES string of the molecule is C[C@H](CC(Cc1ccc(-c2ccccc2)cc1)NC(=O)OC(C)(C)C)C(=O)O.C[C@H](CC(Cc1ccc(-c2ccccc2)cc1)NC(=O)OC(C)(C)C)C(=O)[O-].[Na+]. The number of aliphatic carboxylic acids is 2. The molecular weight excluding hydrogens is 732 g/mol. The Balaban J connectivity index is 0.000000387. The second-order valence-electron chi connectivity index (χ2n) is 16.2. The summed E-state index contributed by atoms with van der Waals surface area (Å²) in [5, 5.41) is 26.0. The van der Waals surface area contributed by atoms with Crippen LogP contribution in [-0.2, 0) is 31.9 Å². The molecule has 0 saturated carbocycles. The van der Waals surface area contributed by atoms with E-state index in [1.165, 1.54) is 0 Å². The maximum absolute atomic E-state index is 12.2. The number of carboxylic acid groups (broad SMARTS) is 2. The standard InChI is InChI=1S/2C23H29NO4.Na/c2*1-16(21(25)26)14-20(24-22(27)28-23(2,3)4)15-17-10-12-19(13-11-17)18-8-6-5-7-9-18;/h2*5-13,16,20H,14-15H2,1-4H3,(H,24,27)(H,25,26);/q;;+1/p-1/t2*16-,20?;/m11./s1. The van der Waals surface area contributed by atoms with Crippen LogP contribution in [0, 0.1) is 11.8 Å². The number of carboxylic acids is 2. The maximum Gasteiger partial charge on any atom is 1.00 e. The Hall–Kier alpha value is -4.64. The minimum absolute atomic E-state index is 0. The van der Waals surface area contributed by atoms with Crippen molar-refractivity contribution in [1.29, 1.82) is 0 Å². The molecule has 0 saturated heterocycles. The Morgan fingerprint density at radius 3 is 1.18 bits per heavy atom. The van der Waals surface area contributed by atoms with Gasteiger partial charge in [0.05, 0.1) is 5.92 Å². The van der Waals surface area contributed by atoms with Crippen molar-refractivity contribution in [2.24, 2.45) is 11.8 Å². The van der Waals surface area contributed by atoms with Crippen molar-refractivity contribution in [3.8, 4) is 22.3 Å². The van der Waals surface area contributed by atoms with E-state index in [0.29, 0.717) is 19.3 Å². The molecule has 0 aliphatic heterocycles. The molecule has 0 heterocycles. The number of alkyl carbamates (subject to hydrolysis) is 2. The zero-order chi connectivity index (χ0) is 41.5. The van der Waals surface area contributed by atoms with Gasteiger partial charge in [0.2, 0.25) is 0 Å². The first-order chi connectivity index (χ1) is 26.3. The average Bonchev–Trinajstić information content (AvgIpc) is 3.11. The Labute approximate surface area is 360 Å². The summed E-state index contributed by atoms with van der Waals surface area (Å²) in [6.07, 6.45) is 0.550. The van der Waals surface area contributed by atoms with Crippen molar-refractivity contribution in [2.45, 2.75) is 104 Å². The van der Waals surface area contributed by atoms with Crippen molar-refractivity contribution in [3.05, 3.63) is 120 Å². The first-order valence-electron chi connectivity index (χ1n) is 19.0. The molecule has 0 fully saturated rings. The van der Waals surface area contributed by atoms with Crippen LogP contribution in [0.25, 0.3) is 22.3 Å². The van der Waals surface area contributed by atoms with Crippen LogP contribution in [-0.4, -0.2) is 52.5 Å². The van der Waals surface area contributed by atoms with Gasteiger partial charge in [-0.05, 0) is 107 Å². The molecular formula is C46H57N2NaO8. The Bertz CT molecular complexity index is 1700. The minimum Gasteiger partial charge on any atom is -0.550 e. The second-order valence-corrected chi connectivity index (χ2v) is 16.2. The van der Waals surface area contributed by atoms with E-state index in [1.54, 1.807) is 55.4 Å². The van der Waals surface area contributed by atoms with E-state index in [0.717, 1.165) is 33.4 Å². The van der Waals surface area contributed by atoms with Crippen LogP contribution in [0.2, 0.25) is 0 Å². The summed E-state index contributed by atoms with van der Waals surface area (Å²) in [4.78, 5) is 46.7. The quantitative estimate of drug-likeness (QED) is 0.142. The molecule has 0 spiro atoms. The van der Waals surface area contributed by atoms with Gasteiger partial charge in [0.15, 0.2) is 0 Å². The fourth-order valence-electron chi connectivity index (χ4n) is 5.88. The molecule has 4 aromatic carbocycles. The van der Waals surface area contributed by atoms with Crippen LogP contribution in [0.15, 0.2) is 109 Å². The van der Waals surface area contributed by atoms with Crippen LogP contribution < -0.4 is 45.3 Å². The molecule has 4 rings (SSSR count). The van der Waals surface area contributed by atoms with Crippen LogP contribution in [0.4, 0.5) is 9.59 Å². The van der Waals surface area contributed by atoms with E-state index in [-0.39, 0.29) is 48.1 Å². The number of rotatable bonds is 14. The predicted octanol–water partition coefficient (Wildman–Crippen LogP) is 5.47. The predicted molar refractivity (Wildman–Crippen MR) is 218 cm³/mol. The van der Waals surface area contributed by atoms with E-state index in [9.17, 15) is 29.4 Å². The molecule has 11 heteroatoms. The molecule has 10 nitrogen and oxygen atoms in total. The Morgan fingerprint density at radius 1 is 0.561 bits per heavy atom. The third-order valence-corrected chi connectivity index (χ3v) is 8.63. The minimum atomic E-state index is -1.13. The molecule has 2 amide bonds. The summed E-state index contributed by atoms with van der Waals surface area (Å²) in [6, 6.07) is 35.6. The fourth-order valence-corrected chi connectivity index (χ4v) is 5.88. The van der Waals surface area contributed by atoms with Crippen molar-refractivity contribution >= 4 is 24.1 Å². The van der Waals surface area contributed by atoms with Crippen LogP contribution in [0.3, 0.4) is 0 Å². The summed E-state index contributed by atoms with van der Waals surface area (Å²) in [5.74, 6) is -3.25. The first-order valence-corrected chi connectivity index (χ1v) is 19.0. The molecule has 2 unspecified atom stereocenters. The molecule has 0 aliphatic carbocycles. The van der Waals surface area contributed by atoms with E-state index in [2.05, 4.69) is 22.8 Å². The van der Waals surface area contributed by atoms with E-state index in [4.69, 9.17) is 9.47 Å². The van der Waals surface area contributed by atoms with Crippen LogP contribution in [0.5, 0.6) is 0 Å².